The summed E-state index contributed by atoms with van der Waals surface area (Å²) in [6.07, 6.45) is -4.80. The van der Waals surface area contributed by atoms with E-state index in [2.05, 4.69) is 15.0 Å². The molecule has 4 atom stereocenters. The molecule has 0 saturated carbocycles. The van der Waals surface area contributed by atoms with E-state index in [9.17, 15) is 15.0 Å². The number of rotatable bonds is 3. The molecule has 0 amide bonds. The van der Waals surface area contributed by atoms with E-state index in [4.69, 9.17) is 20.3 Å². The van der Waals surface area contributed by atoms with Crippen LogP contribution in [0.4, 0.5) is 5.95 Å². The molecule has 3 heterocycles. The molecule has 120 valence electrons. The van der Waals surface area contributed by atoms with Gasteiger partial charge < -0.3 is 30.5 Å². The van der Waals surface area contributed by atoms with Gasteiger partial charge in [-0.05, 0) is 0 Å². The quantitative estimate of drug-likeness (QED) is 0.405. The number of ether oxygens (including phenoxy) is 2. The molecule has 1 saturated heterocycles. The summed E-state index contributed by atoms with van der Waals surface area (Å²) >= 11 is 0. The number of anilines is 1. The summed E-state index contributed by atoms with van der Waals surface area (Å²) in [6.45, 7) is -0.486. The minimum Gasteiger partial charge on any atom is -0.468 e. The van der Waals surface area contributed by atoms with Crippen LogP contribution >= 0.6 is 0 Å². The van der Waals surface area contributed by atoms with Crippen LogP contribution in [-0.2, 0) is 4.74 Å². The Morgan fingerprint density at radius 2 is 2.14 bits per heavy atom. The van der Waals surface area contributed by atoms with Crippen LogP contribution in [-0.4, -0.2) is 66.9 Å². The summed E-state index contributed by atoms with van der Waals surface area (Å²) in [5.74, 6) is -0.145. The molecule has 3 rings (SSSR count). The average molecular weight is 313 g/mol. The van der Waals surface area contributed by atoms with Crippen molar-refractivity contribution in [3.63, 3.8) is 0 Å². The van der Waals surface area contributed by atoms with Gasteiger partial charge in [-0.3, -0.25) is 9.78 Å². The zero-order valence-corrected chi connectivity index (χ0v) is 11.5. The molecule has 2 aromatic rings. The second-order valence-electron chi connectivity index (χ2n) is 4.82. The molecule has 0 aliphatic carbocycles. The summed E-state index contributed by atoms with van der Waals surface area (Å²) in [7, 11) is 1.32. The van der Waals surface area contributed by atoms with E-state index in [0.29, 0.717) is 0 Å². The third-order valence-corrected chi connectivity index (χ3v) is 3.49. The van der Waals surface area contributed by atoms with E-state index in [0.717, 1.165) is 0 Å². The molecular weight excluding hydrogens is 298 g/mol. The Labute approximate surface area is 122 Å². The molecule has 6 N–H and O–H groups in total. The topological polar surface area (TPSA) is 169 Å². The van der Waals surface area contributed by atoms with Crippen LogP contribution in [0.2, 0.25) is 0 Å². The van der Waals surface area contributed by atoms with E-state index >= 15 is 0 Å². The summed E-state index contributed by atoms with van der Waals surface area (Å²) in [4.78, 5) is 22.1. The highest BCUT2D eigenvalue weighted by Crippen LogP contribution is 2.34. The second kappa shape index (κ2) is 5.21. The number of hydrogen-bond acceptors (Lipinski definition) is 9. The minimum absolute atomic E-state index is 0.0351. The standard InChI is InChI=1S/C11H15N5O6/c1-21-11-13-4-7(14-10(12)15-8(4)20)16(11)9-6(19)5(18)3(2-17)22-9/h3,5-6,9,17-19H,2H2,1H3,(H3,12,14,15,20)/t3-,5-,6+,9-/m1/s1. The fourth-order valence-corrected chi connectivity index (χ4v) is 2.45. The van der Waals surface area contributed by atoms with Crippen LogP contribution in [0.15, 0.2) is 4.79 Å². The first kappa shape index (κ1) is 14.7. The van der Waals surface area contributed by atoms with Gasteiger partial charge in [0.05, 0.1) is 13.7 Å². The molecule has 2 aromatic heterocycles. The molecule has 22 heavy (non-hydrogen) atoms. The lowest BCUT2D eigenvalue weighted by Gasteiger charge is -2.18. The number of nitrogens with two attached hydrogens (primary N) is 1. The molecule has 1 fully saturated rings. The van der Waals surface area contributed by atoms with Crippen LogP contribution in [0.1, 0.15) is 6.23 Å². The summed E-state index contributed by atoms with van der Waals surface area (Å²) in [5.41, 5.74) is 4.92. The Kier molecular flexibility index (Phi) is 3.48. The second-order valence-corrected chi connectivity index (χ2v) is 4.82. The van der Waals surface area contributed by atoms with Gasteiger partial charge in [-0.2, -0.15) is 9.97 Å². The number of nitrogen functional groups attached to an aromatic ring is 1. The Hall–Kier alpha value is -2.21. The highest BCUT2D eigenvalue weighted by molar-refractivity contribution is 5.72. The largest absolute Gasteiger partial charge is 0.468 e. The predicted molar refractivity (Wildman–Crippen MR) is 72.1 cm³/mol. The van der Waals surface area contributed by atoms with Gasteiger partial charge in [-0.25, -0.2) is 4.57 Å². The van der Waals surface area contributed by atoms with E-state index in [1.807, 2.05) is 0 Å². The lowest BCUT2D eigenvalue weighted by molar-refractivity contribution is -0.0537. The van der Waals surface area contributed by atoms with E-state index < -0.39 is 36.7 Å². The van der Waals surface area contributed by atoms with Crippen LogP contribution in [0.25, 0.3) is 11.2 Å². The highest BCUT2D eigenvalue weighted by Gasteiger charge is 2.45. The van der Waals surface area contributed by atoms with Crippen LogP contribution in [0.5, 0.6) is 6.01 Å². The number of aliphatic hydroxyl groups is 3. The van der Waals surface area contributed by atoms with E-state index in [-0.39, 0.29) is 23.1 Å². The van der Waals surface area contributed by atoms with Gasteiger partial charge in [-0.1, -0.05) is 0 Å². The number of aliphatic hydroxyl groups excluding tert-OH is 3. The zero-order valence-electron chi connectivity index (χ0n) is 11.5. The zero-order chi connectivity index (χ0) is 16.0. The maximum Gasteiger partial charge on any atom is 0.300 e. The van der Waals surface area contributed by atoms with Gasteiger partial charge in [0.2, 0.25) is 5.95 Å². The van der Waals surface area contributed by atoms with Gasteiger partial charge in [0, 0.05) is 0 Å². The van der Waals surface area contributed by atoms with Crippen molar-refractivity contribution in [1.29, 1.82) is 0 Å². The fraction of sp³-hybridized carbons (Fsp3) is 0.545. The number of aromatic nitrogens is 4. The van der Waals surface area contributed by atoms with Crippen molar-refractivity contribution in [2.75, 3.05) is 19.5 Å². The van der Waals surface area contributed by atoms with Gasteiger partial charge in [0.15, 0.2) is 17.4 Å². The first-order valence-corrected chi connectivity index (χ1v) is 6.42. The van der Waals surface area contributed by atoms with Crippen molar-refractivity contribution in [3.8, 4) is 6.01 Å². The number of nitrogens with zero attached hydrogens (tertiary/aromatic N) is 3. The van der Waals surface area contributed by atoms with E-state index in [1.165, 1.54) is 11.7 Å². The van der Waals surface area contributed by atoms with E-state index in [1.54, 1.807) is 0 Å². The van der Waals surface area contributed by atoms with Crippen molar-refractivity contribution in [1.82, 2.24) is 19.5 Å². The third kappa shape index (κ3) is 2.02. The lowest BCUT2D eigenvalue weighted by atomic mass is 10.1. The van der Waals surface area contributed by atoms with Gasteiger partial charge in [-0.15, -0.1) is 0 Å². The van der Waals surface area contributed by atoms with Crippen molar-refractivity contribution < 1.29 is 24.8 Å². The first-order valence-electron chi connectivity index (χ1n) is 6.42. The summed E-state index contributed by atoms with van der Waals surface area (Å²) < 4.78 is 11.7. The number of imidazole rings is 1. The van der Waals surface area contributed by atoms with Gasteiger partial charge >= 0.3 is 6.01 Å². The summed E-state index contributed by atoms with van der Waals surface area (Å²) in [5, 5.41) is 29.1. The van der Waals surface area contributed by atoms with Crippen LogP contribution < -0.4 is 16.0 Å². The Balaban J connectivity index is 2.20. The summed E-state index contributed by atoms with van der Waals surface area (Å²) in [6, 6.07) is -0.0477. The molecule has 1 aliphatic heterocycles. The normalized spacial score (nSPS) is 28.4. The molecule has 11 nitrogen and oxygen atoms in total. The highest BCUT2D eigenvalue weighted by atomic mass is 16.6. The molecule has 0 unspecified atom stereocenters. The number of methoxy groups -OCH3 is 1. The predicted octanol–water partition coefficient (Wildman–Crippen LogP) is -2.68. The van der Waals surface area contributed by atoms with Crippen molar-refractivity contribution in [2.45, 2.75) is 24.5 Å². The lowest BCUT2D eigenvalue weighted by Crippen LogP contribution is -2.33. The number of aromatic amines is 1. The molecule has 0 aromatic carbocycles. The maximum atomic E-state index is 11.9. The smallest absolute Gasteiger partial charge is 0.300 e. The third-order valence-electron chi connectivity index (χ3n) is 3.49. The van der Waals surface area contributed by atoms with Crippen molar-refractivity contribution in [2.24, 2.45) is 0 Å². The van der Waals surface area contributed by atoms with Crippen LogP contribution in [0, 0.1) is 0 Å². The molecule has 11 heteroatoms. The number of hydrogen-bond donors (Lipinski definition) is 5. The fourth-order valence-electron chi connectivity index (χ4n) is 2.45. The van der Waals surface area contributed by atoms with Crippen molar-refractivity contribution >= 4 is 17.1 Å². The molecule has 0 spiro atoms. The Morgan fingerprint density at radius 1 is 1.41 bits per heavy atom. The SMILES string of the molecule is COc1nc2c(=O)[nH]c(N)nc2n1[C@@H]1O[C@H](CO)[C@@H](O)[C@@H]1O. The number of nitrogens with one attached hydrogen (secondary N) is 1. The molecular formula is C11H15N5O6. The monoisotopic (exact) mass is 313 g/mol. The Bertz CT molecular complexity index is 757. The number of fused-ring (bicyclic) bond motifs is 1. The van der Waals surface area contributed by atoms with Crippen molar-refractivity contribution in [3.05, 3.63) is 10.4 Å². The molecule has 1 aliphatic rings. The first-order chi connectivity index (χ1) is 10.5. The van der Waals surface area contributed by atoms with Gasteiger partial charge in [0.1, 0.15) is 18.3 Å². The molecule has 0 bridgehead atoms. The Morgan fingerprint density at radius 3 is 2.73 bits per heavy atom. The average Bonchev–Trinajstić information content (AvgIpc) is 2.98. The minimum atomic E-state index is -1.37. The number of H-pyrrole nitrogens is 1. The van der Waals surface area contributed by atoms with Gasteiger partial charge in [0.25, 0.3) is 5.56 Å². The van der Waals surface area contributed by atoms with Crippen LogP contribution in [0.3, 0.4) is 0 Å². The molecule has 0 radical (unpaired) electrons. The maximum absolute atomic E-state index is 11.9.